The summed E-state index contributed by atoms with van der Waals surface area (Å²) < 4.78 is 5.77. The number of carbonyl (C=O) groups is 1. The molecule has 1 saturated heterocycles. The van der Waals surface area contributed by atoms with Gasteiger partial charge in [0, 0.05) is 43.9 Å². The minimum absolute atomic E-state index is 0.0266. The first-order valence-electron chi connectivity index (χ1n) is 9.65. The van der Waals surface area contributed by atoms with Crippen molar-refractivity contribution in [2.75, 3.05) is 31.1 Å². The number of amides is 1. The molecule has 6 nitrogen and oxygen atoms in total. The van der Waals surface area contributed by atoms with Crippen LogP contribution in [0.1, 0.15) is 38.2 Å². The van der Waals surface area contributed by atoms with Crippen molar-refractivity contribution in [1.82, 2.24) is 14.9 Å². The highest BCUT2D eigenvalue weighted by Gasteiger charge is 2.27. The fraction of sp³-hybridized carbons (Fsp3) is 0.476. The summed E-state index contributed by atoms with van der Waals surface area (Å²) in [6.45, 7) is 10.7. The molecule has 0 spiro atoms. The summed E-state index contributed by atoms with van der Waals surface area (Å²) in [5.74, 6) is 2.57. The lowest BCUT2D eigenvalue weighted by molar-refractivity contribution is -0.138. The molecule has 1 aromatic heterocycles. The molecule has 28 heavy (non-hydrogen) atoms. The summed E-state index contributed by atoms with van der Waals surface area (Å²) in [5, 5.41) is 0.507. The Hall–Kier alpha value is -2.34. The summed E-state index contributed by atoms with van der Waals surface area (Å²) in [4.78, 5) is 26.0. The van der Waals surface area contributed by atoms with Crippen LogP contribution in [0.15, 0.2) is 30.3 Å². The van der Waals surface area contributed by atoms with Gasteiger partial charge in [-0.05, 0) is 26.0 Å². The molecule has 1 aliphatic heterocycles. The smallest absolute Gasteiger partial charge is 0.263 e. The Kier molecular flexibility index (Phi) is 6.39. The average Bonchev–Trinajstić information content (AvgIpc) is 2.68. The SMILES string of the molecule is Cc1cc(N2CCN(C(=O)C(C)Oc3ccccc3Cl)CC2)nc(C(C)C)n1. The fourth-order valence-corrected chi connectivity index (χ4v) is 3.37. The lowest BCUT2D eigenvalue weighted by Gasteiger charge is -2.36. The van der Waals surface area contributed by atoms with Gasteiger partial charge in [-0.2, -0.15) is 0 Å². The normalized spacial score (nSPS) is 15.6. The van der Waals surface area contributed by atoms with E-state index in [1.54, 1.807) is 19.1 Å². The van der Waals surface area contributed by atoms with Crippen LogP contribution >= 0.6 is 11.6 Å². The van der Waals surface area contributed by atoms with E-state index in [2.05, 4.69) is 23.7 Å². The molecule has 0 aliphatic carbocycles. The van der Waals surface area contributed by atoms with Gasteiger partial charge in [-0.25, -0.2) is 9.97 Å². The average molecular weight is 403 g/mol. The first-order valence-corrected chi connectivity index (χ1v) is 10.0. The number of rotatable bonds is 5. The third-order valence-corrected chi connectivity index (χ3v) is 5.09. The zero-order valence-electron chi connectivity index (χ0n) is 16.9. The number of halogens is 1. The summed E-state index contributed by atoms with van der Waals surface area (Å²) >= 11 is 6.12. The molecule has 1 amide bonds. The van der Waals surface area contributed by atoms with Gasteiger partial charge in [0.25, 0.3) is 5.91 Å². The van der Waals surface area contributed by atoms with E-state index in [4.69, 9.17) is 21.3 Å². The van der Waals surface area contributed by atoms with Crippen LogP contribution in [0.4, 0.5) is 5.82 Å². The second kappa shape index (κ2) is 8.78. The highest BCUT2D eigenvalue weighted by atomic mass is 35.5. The van der Waals surface area contributed by atoms with Crippen molar-refractivity contribution >= 4 is 23.3 Å². The van der Waals surface area contributed by atoms with Crippen LogP contribution in [0.3, 0.4) is 0 Å². The summed E-state index contributed by atoms with van der Waals surface area (Å²) in [6, 6.07) is 9.20. The van der Waals surface area contributed by atoms with Gasteiger partial charge in [-0.3, -0.25) is 4.79 Å². The third-order valence-electron chi connectivity index (χ3n) is 4.78. The predicted molar refractivity (Wildman–Crippen MR) is 111 cm³/mol. The molecule has 0 saturated carbocycles. The van der Waals surface area contributed by atoms with Gasteiger partial charge in [-0.15, -0.1) is 0 Å². The van der Waals surface area contributed by atoms with E-state index in [9.17, 15) is 4.79 Å². The Morgan fingerprint density at radius 3 is 2.43 bits per heavy atom. The lowest BCUT2D eigenvalue weighted by atomic mass is 10.2. The number of hydrogen-bond donors (Lipinski definition) is 0. The van der Waals surface area contributed by atoms with Crippen molar-refractivity contribution in [3.05, 3.63) is 46.9 Å². The molecule has 2 heterocycles. The van der Waals surface area contributed by atoms with Gasteiger partial charge in [0.15, 0.2) is 6.10 Å². The largest absolute Gasteiger partial charge is 0.479 e. The van der Waals surface area contributed by atoms with Gasteiger partial charge in [0.05, 0.1) is 5.02 Å². The maximum Gasteiger partial charge on any atom is 0.263 e. The first kappa shape index (κ1) is 20.4. The Balaban J connectivity index is 1.60. The molecule has 0 N–H and O–H groups in total. The quantitative estimate of drug-likeness (QED) is 0.763. The van der Waals surface area contributed by atoms with Crippen LogP contribution in [0.25, 0.3) is 0 Å². The van der Waals surface area contributed by atoms with Gasteiger partial charge >= 0.3 is 0 Å². The van der Waals surface area contributed by atoms with Crippen molar-refractivity contribution in [1.29, 1.82) is 0 Å². The van der Waals surface area contributed by atoms with Gasteiger partial charge in [0.1, 0.15) is 17.4 Å². The highest BCUT2D eigenvalue weighted by Crippen LogP contribution is 2.25. The van der Waals surface area contributed by atoms with Gasteiger partial charge in [0.2, 0.25) is 0 Å². The topological polar surface area (TPSA) is 58.6 Å². The number of nitrogens with zero attached hydrogens (tertiary/aromatic N) is 4. The second-order valence-electron chi connectivity index (χ2n) is 7.38. The number of hydrogen-bond acceptors (Lipinski definition) is 5. The monoisotopic (exact) mass is 402 g/mol. The summed E-state index contributed by atoms with van der Waals surface area (Å²) in [5.41, 5.74) is 0.967. The summed E-state index contributed by atoms with van der Waals surface area (Å²) in [7, 11) is 0. The van der Waals surface area contributed by atoms with E-state index in [0.29, 0.717) is 23.9 Å². The molecule has 1 atom stereocenters. The van der Waals surface area contributed by atoms with Gasteiger partial charge in [-0.1, -0.05) is 37.6 Å². The Bertz CT molecular complexity index is 835. The summed E-state index contributed by atoms with van der Waals surface area (Å²) in [6.07, 6.45) is -0.583. The highest BCUT2D eigenvalue weighted by molar-refractivity contribution is 6.32. The standard InChI is InChI=1S/C21H27ClN4O2/c1-14(2)20-23-15(3)13-19(24-20)25-9-11-26(12-10-25)21(27)16(4)28-18-8-6-5-7-17(18)22/h5-8,13-14,16H,9-12H2,1-4H3. The molecule has 1 fully saturated rings. The van der Waals surface area contributed by atoms with Crippen molar-refractivity contribution in [2.24, 2.45) is 0 Å². The number of para-hydroxylation sites is 1. The van der Waals surface area contributed by atoms with E-state index < -0.39 is 6.10 Å². The molecular formula is C21H27ClN4O2. The number of anilines is 1. The maximum absolute atomic E-state index is 12.8. The fourth-order valence-electron chi connectivity index (χ4n) is 3.19. The molecule has 0 bridgehead atoms. The molecule has 1 aliphatic rings. The lowest BCUT2D eigenvalue weighted by Crippen LogP contribution is -2.52. The number of piperazine rings is 1. The van der Waals surface area contributed by atoms with Crippen LogP contribution in [0.5, 0.6) is 5.75 Å². The van der Waals surface area contributed by atoms with E-state index in [1.165, 1.54) is 0 Å². The van der Waals surface area contributed by atoms with E-state index in [1.807, 2.05) is 30.0 Å². The van der Waals surface area contributed by atoms with Crippen molar-refractivity contribution < 1.29 is 9.53 Å². The molecule has 1 aromatic carbocycles. The van der Waals surface area contributed by atoms with Crippen LogP contribution in [0.2, 0.25) is 5.02 Å². The Morgan fingerprint density at radius 2 is 1.79 bits per heavy atom. The Morgan fingerprint density at radius 1 is 1.11 bits per heavy atom. The first-order chi connectivity index (χ1) is 13.3. The number of aryl methyl sites for hydroxylation is 1. The number of carbonyl (C=O) groups excluding carboxylic acids is 1. The number of benzene rings is 1. The van der Waals surface area contributed by atoms with Crippen LogP contribution < -0.4 is 9.64 Å². The molecule has 0 radical (unpaired) electrons. The van der Waals surface area contributed by atoms with Crippen LogP contribution in [-0.4, -0.2) is 53.1 Å². The Labute approximate surface area is 171 Å². The molecule has 3 rings (SSSR count). The minimum atomic E-state index is -0.583. The zero-order chi connectivity index (χ0) is 20.3. The van der Waals surface area contributed by atoms with E-state index >= 15 is 0 Å². The molecule has 150 valence electrons. The third kappa shape index (κ3) is 4.73. The predicted octanol–water partition coefficient (Wildman–Crippen LogP) is 3.68. The molecule has 2 aromatic rings. The van der Waals surface area contributed by atoms with Crippen molar-refractivity contribution in [3.63, 3.8) is 0 Å². The number of ether oxygens (including phenoxy) is 1. The van der Waals surface area contributed by atoms with Gasteiger partial charge < -0.3 is 14.5 Å². The molecule has 7 heteroatoms. The van der Waals surface area contributed by atoms with E-state index in [0.717, 1.165) is 30.4 Å². The van der Waals surface area contributed by atoms with Crippen LogP contribution in [0, 0.1) is 6.92 Å². The molecular weight excluding hydrogens is 376 g/mol. The van der Waals surface area contributed by atoms with Crippen LogP contribution in [-0.2, 0) is 4.79 Å². The van der Waals surface area contributed by atoms with Crippen molar-refractivity contribution in [2.45, 2.75) is 39.7 Å². The molecule has 1 unspecified atom stereocenters. The number of aromatic nitrogens is 2. The second-order valence-corrected chi connectivity index (χ2v) is 7.79. The minimum Gasteiger partial charge on any atom is -0.479 e. The zero-order valence-corrected chi connectivity index (χ0v) is 17.6. The van der Waals surface area contributed by atoms with E-state index in [-0.39, 0.29) is 11.8 Å². The maximum atomic E-state index is 12.8. The van der Waals surface area contributed by atoms with Crippen molar-refractivity contribution in [3.8, 4) is 5.75 Å².